The van der Waals surface area contributed by atoms with Gasteiger partial charge in [0.05, 0.1) is 0 Å². The molecule has 3 heteroatoms. The van der Waals surface area contributed by atoms with Gasteiger partial charge in [0.25, 0.3) is 0 Å². The zero-order valence-corrected chi connectivity index (χ0v) is 14.4. The molecule has 3 rings (SSSR count). The fourth-order valence-corrected chi connectivity index (χ4v) is 4.27. The standard InChI is InChI=1S/C18H24BrNO/c1-20-17-10-7-14(12-15(17)8-11-18(20)21)16(19)9-6-13-4-2-3-5-13/h7,10,12-13,16H,2-6,8-9,11H2,1H3. The Morgan fingerprint density at radius 2 is 2.05 bits per heavy atom. The first-order chi connectivity index (χ1) is 10.1. The number of carbonyl (C=O) groups is 1. The van der Waals surface area contributed by atoms with E-state index < -0.39 is 0 Å². The Balaban J connectivity index is 1.66. The van der Waals surface area contributed by atoms with Gasteiger partial charge in [0.2, 0.25) is 5.91 Å². The summed E-state index contributed by atoms with van der Waals surface area (Å²) in [5, 5.41) is 0. The predicted molar refractivity (Wildman–Crippen MR) is 91.0 cm³/mol. The van der Waals surface area contributed by atoms with Gasteiger partial charge in [-0.15, -0.1) is 0 Å². The molecule has 1 aliphatic heterocycles. The van der Waals surface area contributed by atoms with Crippen LogP contribution in [0.1, 0.15) is 60.9 Å². The highest BCUT2D eigenvalue weighted by molar-refractivity contribution is 9.09. The molecular formula is C18H24BrNO. The Bertz CT molecular complexity index is 522. The highest BCUT2D eigenvalue weighted by Crippen LogP contribution is 2.37. The molecule has 0 N–H and O–H groups in total. The lowest BCUT2D eigenvalue weighted by atomic mass is 9.95. The lowest BCUT2D eigenvalue weighted by Crippen LogP contribution is -2.31. The first-order valence-corrected chi connectivity index (χ1v) is 9.10. The van der Waals surface area contributed by atoms with Crippen LogP contribution in [0.3, 0.4) is 0 Å². The van der Waals surface area contributed by atoms with Crippen LogP contribution < -0.4 is 4.90 Å². The van der Waals surface area contributed by atoms with Crippen LogP contribution in [0.15, 0.2) is 18.2 Å². The summed E-state index contributed by atoms with van der Waals surface area (Å²) >= 11 is 3.87. The van der Waals surface area contributed by atoms with Crippen LogP contribution in [0.25, 0.3) is 0 Å². The van der Waals surface area contributed by atoms with E-state index in [9.17, 15) is 4.79 Å². The molecule has 1 amide bonds. The summed E-state index contributed by atoms with van der Waals surface area (Å²) in [5.74, 6) is 1.18. The lowest BCUT2D eigenvalue weighted by molar-refractivity contribution is -0.118. The average molecular weight is 350 g/mol. The van der Waals surface area contributed by atoms with Gasteiger partial charge in [-0.1, -0.05) is 53.7 Å². The molecule has 1 saturated carbocycles. The summed E-state index contributed by atoms with van der Waals surface area (Å²) in [6.45, 7) is 0. The largest absolute Gasteiger partial charge is 0.315 e. The fraction of sp³-hybridized carbons (Fsp3) is 0.611. The van der Waals surface area contributed by atoms with E-state index in [1.165, 1.54) is 49.7 Å². The number of hydrogen-bond donors (Lipinski definition) is 0. The van der Waals surface area contributed by atoms with Crippen molar-refractivity contribution in [1.29, 1.82) is 0 Å². The van der Waals surface area contributed by atoms with Crippen LogP contribution in [0.2, 0.25) is 0 Å². The minimum absolute atomic E-state index is 0.229. The molecule has 0 aromatic heterocycles. The molecule has 1 aromatic carbocycles. The second kappa shape index (κ2) is 6.51. The van der Waals surface area contributed by atoms with Gasteiger partial charge in [-0.05, 0) is 42.4 Å². The smallest absolute Gasteiger partial charge is 0.227 e. The summed E-state index contributed by atoms with van der Waals surface area (Å²) in [6, 6.07) is 6.60. The van der Waals surface area contributed by atoms with Gasteiger partial charge in [-0.2, -0.15) is 0 Å². The van der Waals surface area contributed by atoms with Gasteiger partial charge in [0.1, 0.15) is 0 Å². The van der Waals surface area contributed by atoms with Crippen molar-refractivity contribution in [3.8, 4) is 0 Å². The molecule has 1 unspecified atom stereocenters. The molecule has 0 radical (unpaired) electrons. The average Bonchev–Trinajstić information content (AvgIpc) is 3.01. The first-order valence-electron chi connectivity index (χ1n) is 8.18. The zero-order chi connectivity index (χ0) is 14.8. The number of anilines is 1. The van der Waals surface area contributed by atoms with Crippen LogP contribution in [-0.2, 0) is 11.2 Å². The Hall–Kier alpha value is -0.830. The number of halogens is 1. The molecule has 21 heavy (non-hydrogen) atoms. The number of alkyl halides is 1. The number of rotatable bonds is 4. The zero-order valence-electron chi connectivity index (χ0n) is 12.8. The number of nitrogens with zero attached hydrogens (tertiary/aromatic N) is 1. The SMILES string of the molecule is CN1C(=O)CCc2cc(C(Br)CCC3CCCC3)ccc21. The number of hydrogen-bond acceptors (Lipinski definition) is 1. The molecule has 1 aromatic rings. The van der Waals surface area contributed by atoms with Gasteiger partial charge in [0.15, 0.2) is 0 Å². The molecule has 0 spiro atoms. The quantitative estimate of drug-likeness (QED) is 0.700. The molecule has 2 nitrogen and oxygen atoms in total. The van der Waals surface area contributed by atoms with Crippen molar-refractivity contribution in [2.45, 2.75) is 56.2 Å². The van der Waals surface area contributed by atoms with E-state index in [0.717, 1.165) is 18.0 Å². The van der Waals surface area contributed by atoms with E-state index in [4.69, 9.17) is 0 Å². The molecule has 1 fully saturated rings. The second-order valence-electron chi connectivity index (χ2n) is 6.54. The topological polar surface area (TPSA) is 20.3 Å². The second-order valence-corrected chi connectivity index (χ2v) is 7.64. The first kappa shape index (κ1) is 15.1. The van der Waals surface area contributed by atoms with Crippen molar-refractivity contribution in [3.05, 3.63) is 29.3 Å². The molecule has 1 aliphatic carbocycles. The Kier molecular flexibility index (Phi) is 4.68. The minimum atomic E-state index is 0.229. The molecular weight excluding hydrogens is 326 g/mol. The Labute approximate surface area is 136 Å². The maximum atomic E-state index is 11.7. The Morgan fingerprint density at radius 1 is 1.29 bits per heavy atom. The molecule has 114 valence electrons. The van der Waals surface area contributed by atoms with Gasteiger partial charge < -0.3 is 4.90 Å². The van der Waals surface area contributed by atoms with Crippen molar-refractivity contribution in [3.63, 3.8) is 0 Å². The molecule has 0 saturated heterocycles. The van der Waals surface area contributed by atoms with Crippen LogP contribution in [0, 0.1) is 5.92 Å². The van der Waals surface area contributed by atoms with E-state index >= 15 is 0 Å². The predicted octanol–water partition coefficient (Wildman–Crippen LogP) is 5.00. The minimum Gasteiger partial charge on any atom is -0.315 e. The van der Waals surface area contributed by atoms with E-state index in [0.29, 0.717) is 11.2 Å². The van der Waals surface area contributed by atoms with Crippen molar-refractivity contribution in [1.82, 2.24) is 0 Å². The van der Waals surface area contributed by atoms with Gasteiger partial charge in [-0.25, -0.2) is 0 Å². The van der Waals surface area contributed by atoms with E-state index in [1.54, 1.807) is 4.90 Å². The summed E-state index contributed by atoms with van der Waals surface area (Å²) in [4.78, 5) is 14.0. The number of amides is 1. The van der Waals surface area contributed by atoms with E-state index in [-0.39, 0.29) is 5.91 Å². The number of fused-ring (bicyclic) bond motifs is 1. The maximum absolute atomic E-state index is 11.7. The summed E-state index contributed by atoms with van der Waals surface area (Å²) in [6.07, 6.45) is 9.79. The number of carbonyl (C=O) groups excluding carboxylic acids is 1. The third-order valence-electron chi connectivity index (χ3n) is 5.11. The van der Waals surface area contributed by atoms with Gasteiger partial charge >= 0.3 is 0 Å². The maximum Gasteiger partial charge on any atom is 0.227 e. The number of aryl methyl sites for hydroxylation is 1. The molecule has 1 atom stereocenters. The van der Waals surface area contributed by atoms with Crippen LogP contribution >= 0.6 is 15.9 Å². The van der Waals surface area contributed by atoms with Crippen LogP contribution in [-0.4, -0.2) is 13.0 Å². The summed E-state index contributed by atoms with van der Waals surface area (Å²) in [7, 11) is 1.88. The van der Waals surface area contributed by atoms with Crippen molar-refractivity contribution >= 4 is 27.5 Å². The summed E-state index contributed by atoms with van der Waals surface area (Å²) in [5.41, 5.74) is 3.78. The molecule has 0 bridgehead atoms. The monoisotopic (exact) mass is 349 g/mol. The van der Waals surface area contributed by atoms with E-state index in [2.05, 4.69) is 34.1 Å². The van der Waals surface area contributed by atoms with Crippen molar-refractivity contribution in [2.75, 3.05) is 11.9 Å². The third-order valence-corrected chi connectivity index (χ3v) is 6.10. The summed E-state index contributed by atoms with van der Waals surface area (Å²) < 4.78 is 0. The van der Waals surface area contributed by atoms with Crippen molar-refractivity contribution < 1.29 is 4.79 Å². The normalized spacial score (nSPS) is 20.7. The van der Waals surface area contributed by atoms with Crippen LogP contribution in [0.4, 0.5) is 5.69 Å². The lowest BCUT2D eigenvalue weighted by Gasteiger charge is -2.26. The van der Waals surface area contributed by atoms with Crippen LogP contribution in [0.5, 0.6) is 0 Å². The van der Waals surface area contributed by atoms with Gasteiger partial charge in [0, 0.05) is 24.0 Å². The fourth-order valence-electron chi connectivity index (χ4n) is 3.72. The van der Waals surface area contributed by atoms with Gasteiger partial charge in [-0.3, -0.25) is 4.79 Å². The highest BCUT2D eigenvalue weighted by Gasteiger charge is 2.22. The molecule has 2 aliphatic rings. The van der Waals surface area contributed by atoms with E-state index in [1.807, 2.05) is 7.05 Å². The highest BCUT2D eigenvalue weighted by atomic mass is 79.9. The van der Waals surface area contributed by atoms with Crippen molar-refractivity contribution in [2.24, 2.45) is 5.92 Å². The molecule has 1 heterocycles. The number of benzene rings is 1. The third kappa shape index (κ3) is 3.33. The Morgan fingerprint density at radius 3 is 2.81 bits per heavy atom.